The van der Waals surface area contributed by atoms with E-state index in [9.17, 15) is 0 Å². The standard InChI is InChI=1S/C16H18ClN7O/c1-10-15(11(2)25-20-10)24-7-5-23(6-8-24)14-9-12(3-4-13(14)17)16-18-21-22-19-16/h3-4,9H,5-8H2,1-2H3,(H,18,19,21,22). The number of aryl methyl sites for hydroxylation is 2. The van der Waals surface area contributed by atoms with Crippen LogP contribution in [-0.2, 0) is 0 Å². The lowest BCUT2D eigenvalue weighted by molar-refractivity contribution is 0.393. The number of halogens is 1. The molecule has 25 heavy (non-hydrogen) atoms. The fourth-order valence-electron chi connectivity index (χ4n) is 3.28. The average molecular weight is 360 g/mol. The highest BCUT2D eigenvalue weighted by molar-refractivity contribution is 6.33. The van der Waals surface area contributed by atoms with Crippen LogP contribution < -0.4 is 9.80 Å². The zero-order valence-electron chi connectivity index (χ0n) is 14.0. The molecule has 0 aliphatic carbocycles. The molecule has 0 radical (unpaired) electrons. The van der Waals surface area contributed by atoms with Crippen molar-refractivity contribution in [1.29, 1.82) is 0 Å². The third-order valence-electron chi connectivity index (χ3n) is 4.48. The van der Waals surface area contributed by atoms with Crippen LogP contribution in [0.3, 0.4) is 0 Å². The Morgan fingerprint density at radius 3 is 2.52 bits per heavy atom. The van der Waals surface area contributed by atoms with Crippen LogP contribution in [0.2, 0.25) is 5.02 Å². The van der Waals surface area contributed by atoms with E-state index in [0.717, 1.165) is 59.6 Å². The number of anilines is 2. The van der Waals surface area contributed by atoms with Gasteiger partial charge in [-0.25, -0.2) is 0 Å². The first-order valence-electron chi connectivity index (χ1n) is 8.09. The maximum Gasteiger partial charge on any atom is 0.204 e. The van der Waals surface area contributed by atoms with Crippen LogP contribution in [0, 0.1) is 13.8 Å². The summed E-state index contributed by atoms with van der Waals surface area (Å²) in [6.45, 7) is 7.41. The zero-order valence-corrected chi connectivity index (χ0v) is 14.8. The highest BCUT2D eigenvalue weighted by atomic mass is 35.5. The van der Waals surface area contributed by atoms with E-state index in [1.54, 1.807) is 0 Å². The molecule has 130 valence electrons. The number of rotatable bonds is 3. The molecule has 3 aromatic rings. The molecule has 2 aromatic heterocycles. The Kier molecular flexibility index (Phi) is 4.04. The first-order chi connectivity index (χ1) is 12.1. The topological polar surface area (TPSA) is 87.0 Å². The Morgan fingerprint density at radius 2 is 1.88 bits per heavy atom. The van der Waals surface area contributed by atoms with E-state index >= 15 is 0 Å². The Hall–Kier alpha value is -2.61. The minimum atomic E-state index is 0.562. The van der Waals surface area contributed by atoms with Gasteiger partial charge in [0.05, 0.1) is 10.7 Å². The molecule has 1 fully saturated rings. The second-order valence-electron chi connectivity index (χ2n) is 6.05. The largest absolute Gasteiger partial charge is 0.367 e. The molecule has 1 aromatic carbocycles. The summed E-state index contributed by atoms with van der Waals surface area (Å²) in [5, 5.41) is 18.9. The van der Waals surface area contributed by atoms with Gasteiger partial charge in [0, 0.05) is 31.7 Å². The van der Waals surface area contributed by atoms with Gasteiger partial charge in [-0.05, 0) is 37.3 Å². The zero-order chi connectivity index (χ0) is 17.4. The lowest BCUT2D eigenvalue weighted by atomic mass is 10.1. The molecule has 1 N–H and O–H groups in total. The monoisotopic (exact) mass is 359 g/mol. The number of nitrogens with zero attached hydrogens (tertiary/aromatic N) is 6. The van der Waals surface area contributed by atoms with Gasteiger partial charge in [-0.1, -0.05) is 16.8 Å². The summed E-state index contributed by atoms with van der Waals surface area (Å²) in [5.41, 5.74) is 3.91. The average Bonchev–Trinajstić information content (AvgIpc) is 3.26. The fraction of sp³-hybridized carbons (Fsp3) is 0.375. The van der Waals surface area contributed by atoms with Gasteiger partial charge in [-0.15, -0.1) is 10.2 Å². The summed E-state index contributed by atoms with van der Waals surface area (Å²) in [4.78, 5) is 4.59. The molecule has 1 saturated heterocycles. The van der Waals surface area contributed by atoms with Crippen molar-refractivity contribution in [3.8, 4) is 11.4 Å². The molecule has 8 nitrogen and oxygen atoms in total. The van der Waals surface area contributed by atoms with Crippen molar-refractivity contribution in [1.82, 2.24) is 25.8 Å². The lowest BCUT2D eigenvalue weighted by Crippen LogP contribution is -2.47. The van der Waals surface area contributed by atoms with Crippen molar-refractivity contribution in [2.45, 2.75) is 13.8 Å². The maximum absolute atomic E-state index is 6.43. The van der Waals surface area contributed by atoms with Gasteiger partial charge in [0.15, 0.2) is 5.76 Å². The smallest absolute Gasteiger partial charge is 0.204 e. The van der Waals surface area contributed by atoms with E-state index in [0.29, 0.717) is 5.82 Å². The Labute approximate surface area is 149 Å². The summed E-state index contributed by atoms with van der Waals surface area (Å²) in [6, 6.07) is 5.79. The number of H-pyrrole nitrogens is 1. The van der Waals surface area contributed by atoms with E-state index in [4.69, 9.17) is 16.1 Å². The summed E-state index contributed by atoms with van der Waals surface area (Å²) in [6.07, 6.45) is 0. The van der Waals surface area contributed by atoms with Crippen LogP contribution in [0.5, 0.6) is 0 Å². The molecule has 0 saturated carbocycles. The van der Waals surface area contributed by atoms with Crippen molar-refractivity contribution in [3.05, 3.63) is 34.7 Å². The van der Waals surface area contributed by atoms with Crippen LogP contribution >= 0.6 is 11.6 Å². The Balaban J connectivity index is 1.54. The van der Waals surface area contributed by atoms with Crippen molar-refractivity contribution in [3.63, 3.8) is 0 Å². The van der Waals surface area contributed by atoms with Crippen molar-refractivity contribution < 1.29 is 4.52 Å². The first kappa shape index (κ1) is 15.9. The van der Waals surface area contributed by atoms with Gasteiger partial charge in [-0.2, -0.15) is 5.21 Å². The van der Waals surface area contributed by atoms with Crippen LogP contribution in [0.1, 0.15) is 11.5 Å². The van der Waals surface area contributed by atoms with E-state index in [-0.39, 0.29) is 0 Å². The van der Waals surface area contributed by atoms with E-state index in [1.807, 2.05) is 32.0 Å². The molecule has 0 atom stereocenters. The van der Waals surface area contributed by atoms with E-state index < -0.39 is 0 Å². The van der Waals surface area contributed by atoms with Crippen LogP contribution in [0.4, 0.5) is 11.4 Å². The molecule has 3 heterocycles. The van der Waals surface area contributed by atoms with Crippen LogP contribution in [0.15, 0.2) is 22.7 Å². The molecular formula is C16H18ClN7O. The molecule has 1 aliphatic heterocycles. The molecule has 0 unspecified atom stereocenters. The maximum atomic E-state index is 6.43. The van der Waals surface area contributed by atoms with Gasteiger partial charge in [0.1, 0.15) is 11.4 Å². The minimum Gasteiger partial charge on any atom is -0.367 e. The summed E-state index contributed by atoms with van der Waals surface area (Å²) in [5.74, 6) is 1.43. The second-order valence-corrected chi connectivity index (χ2v) is 6.46. The number of hydrogen-bond acceptors (Lipinski definition) is 7. The van der Waals surface area contributed by atoms with Gasteiger partial charge in [0.2, 0.25) is 5.82 Å². The quantitative estimate of drug-likeness (QED) is 0.768. The van der Waals surface area contributed by atoms with Gasteiger partial charge in [-0.3, -0.25) is 0 Å². The summed E-state index contributed by atoms with van der Waals surface area (Å²) in [7, 11) is 0. The molecule has 1 aliphatic rings. The molecular weight excluding hydrogens is 342 g/mol. The van der Waals surface area contributed by atoms with E-state index in [2.05, 4.69) is 35.6 Å². The van der Waals surface area contributed by atoms with E-state index in [1.165, 1.54) is 0 Å². The number of aromatic amines is 1. The fourth-order valence-corrected chi connectivity index (χ4v) is 3.52. The summed E-state index contributed by atoms with van der Waals surface area (Å²) < 4.78 is 5.29. The molecule has 9 heteroatoms. The number of tetrazole rings is 1. The van der Waals surface area contributed by atoms with Gasteiger partial charge >= 0.3 is 0 Å². The first-order valence-corrected chi connectivity index (χ1v) is 8.47. The number of aromatic nitrogens is 5. The molecule has 0 spiro atoms. The van der Waals surface area contributed by atoms with Crippen molar-refractivity contribution in [2.24, 2.45) is 0 Å². The minimum absolute atomic E-state index is 0.562. The van der Waals surface area contributed by atoms with Gasteiger partial charge in [0.25, 0.3) is 0 Å². The predicted octanol–water partition coefficient (Wildman–Crippen LogP) is 2.45. The van der Waals surface area contributed by atoms with Crippen molar-refractivity contribution >= 4 is 23.0 Å². The highest BCUT2D eigenvalue weighted by Gasteiger charge is 2.24. The second kappa shape index (κ2) is 6.36. The number of piperazine rings is 1. The third-order valence-corrected chi connectivity index (χ3v) is 4.80. The third kappa shape index (κ3) is 2.93. The lowest BCUT2D eigenvalue weighted by Gasteiger charge is -2.37. The highest BCUT2D eigenvalue weighted by Crippen LogP contribution is 2.32. The normalized spacial score (nSPS) is 15.0. The van der Waals surface area contributed by atoms with Crippen molar-refractivity contribution in [2.75, 3.05) is 36.0 Å². The Bertz CT molecular complexity index is 849. The van der Waals surface area contributed by atoms with Crippen LogP contribution in [0.25, 0.3) is 11.4 Å². The molecule has 0 amide bonds. The van der Waals surface area contributed by atoms with Crippen LogP contribution in [-0.4, -0.2) is 52.0 Å². The Morgan fingerprint density at radius 1 is 1.12 bits per heavy atom. The number of benzene rings is 1. The number of hydrogen-bond donors (Lipinski definition) is 1. The SMILES string of the molecule is Cc1noc(C)c1N1CCN(c2cc(-c3nn[nH]n3)ccc2Cl)CC1. The molecule has 0 bridgehead atoms. The summed E-state index contributed by atoms with van der Waals surface area (Å²) >= 11 is 6.43. The predicted molar refractivity (Wildman–Crippen MR) is 95.0 cm³/mol. The number of nitrogens with one attached hydrogen (secondary N) is 1. The molecule has 4 rings (SSSR count). The van der Waals surface area contributed by atoms with Gasteiger partial charge < -0.3 is 14.3 Å².